The molecule has 0 saturated heterocycles. The van der Waals surface area contributed by atoms with E-state index >= 15 is 0 Å². The predicted molar refractivity (Wildman–Crippen MR) is 78.1 cm³/mol. The van der Waals surface area contributed by atoms with Gasteiger partial charge >= 0.3 is 0 Å². The van der Waals surface area contributed by atoms with Crippen LogP contribution in [0.2, 0.25) is 0 Å². The zero-order valence-corrected chi connectivity index (χ0v) is 11.4. The van der Waals surface area contributed by atoms with Gasteiger partial charge in [-0.3, -0.25) is 4.68 Å². The van der Waals surface area contributed by atoms with Crippen LogP contribution in [-0.2, 0) is 13.6 Å². The molecular weight excluding hydrogens is 256 g/mol. The van der Waals surface area contributed by atoms with Gasteiger partial charge in [-0.05, 0) is 24.3 Å². The maximum atomic E-state index is 4.30. The van der Waals surface area contributed by atoms with Crippen molar-refractivity contribution in [3.63, 3.8) is 0 Å². The molecule has 2 heterocycles. The Labute approximate surface area is 115 Å². The topological polar surface area (TPSA) is 42.7 Å². The van der Waals surface area contributed by atoms with Crippen LogP contribution in [0, 0.1) is 0 Å². The molecular formula is C14H14N4S. The molecule has 0 aliphatic rings. The second kappa shape index (κ2) is 5.24. The number of nitrogens with zero attached hydrogens (tertiary/aromatic N) is 3. The number of aryl methyl sites for hydroxylation is 1. The molecule has 0 fully saturated rings. The largest absolute Gasteiger partial charge is 0.381 e. The van der Waals surface area contributed by atoms with Gasteiger partial charge in [-0.2, -0.15) is 5.10 Å². The van der Waals surface area contributed by atoms with Crippen molar-refractivity contribution in [1.82, 2.24) is 14.8 Å². The van der Waals surface area contributed by atoms with E-state index in [1.807, 2.05) is 35.7 Å². The molecule has 19 heavy (non-hydrogen) atoms. The number of hydrogen-bond donors (Lipinski definition) is 1. The summed E-state index contributed by atoms with van der Waals surface area (Å²) in [6, 6.07) is 8.33. The lowest BCUT2D eigenvalue weighted by molar-refractivity contribution is 0.767. The fourth-order valence-corrected chi connectivity index (χ4v) is 2.51. The van der Waals surface area contributed by atoms with Crippen molar-refractivity contribution in [2.45, 2.75) is 6.54 Å². The first kappa shape index (κ1) is 11.9. The highest BCUT2D eigenvalue weighted by molar-refractivity contribution is 7.13. The summed E-state index contributed by atoms with van der Waals surface area (Å²) in [5.41, 5.74) is 3.43. The lowest BCUT2D eigenvalue weighted by Crippen LogP contribution is -1.98. The highest BCUT2D eigenvalue weighted by Crippen LogP contribution is 2.23. The van der Waals surface area contributed by atoms with Gasteiger partial charge in [0, 0.05) is 48.2 Å². The molecule has 0 amide bonds. The van der Waals surface area contributed by atoms with Crippen molar-refractivity contribution >= 4 is 17.0 Å². The van der Waals surface area contributed by atoms with E-state index in [1.54, 1.807) is 11.3 Å². The maximum Gasteiger partial charge on any atom is 0.123 e. The number of hydrogen-bond acceptors (Lipinski definition) is 4. The number of nitrogens with one attached hydrogen (secondary N) is 1. The summed E-state index contributed by atoms with van der Waals surface area (Å²) >= 11 is 1.65. The van der Waals surface area contributed by atoms with Crippen LogP contribution in [0.4, 0.5) is 5.69 Å². The summed E-state index contributed by atoms with van der Waals surface area (Å²) < 4.78 is 1.81. The normalized spacial score (nSPS) is 10.6. The molecule has 0 atom stereocenters. The second-order valence-corrected chi connectivity index (χ2v) is 5.18. The first-order valence-electron chi connectivity index (χ1n) is 6.02. The van der Waals surface area contributed by atoms with Crippen molar-refractivity contribution in [3.05, 3.63) is 53.8 Å². The van der Waals surface area contributed by atoms with Gasteiger partial charge in [-0.1, -0.05) is 0 Å². The summed E-state index contributed by atoms with van der Waals surface area (Å²) in [5.74, 6) is 0. The molecule has 0 radical (unpaired) electrons. The third-order valence-corrected chi connectivity index (χ3v) is 3.64. The predicted octanol–water partition coefficient (Wildman–Crippen LogP) is 3.16. The molecule has 0 unspecified atom stereocenters. The van der Waals surface area contributed by atoms with Crippen LogP contribution >= 0.6 is 11.3 Å². The number of aromatic nitrogens is 3. The minimum absolute atomic E-state index is 0.782. The molecule has 0 bridgehead atoms. The summed E-state index contributed by atoms with van der Waals surface area (Å²) in [6.07, 6.45) is 5.71. The van der Waals surface area contributed by atoms with E-state index < -0.39 is 0 Å². The smallest absolute Gasteiger partial charge is 0.123 e. The van der Waals surface area contributed by atoms with Gasteiger partial charge in [-0.25, -0.2) is 4.98 Å². The van der Waals surface area contributed by atoms with Crippen LogP contribution < -0.4 is 5.32 Å². The first-order chi connectivity index (χ1) is 9.31. The fraction of sp³-hybridized carbons (Fsp3) is 0.143. The van der Waals surface area contributed by atoms with E-state index in [0.717, 1.165) is 22.8 Å². The molecule has 1 N–H and O–H groups in total. The fourth-order valence-electron chi connectivity index (χ4n) is 1.86. The molecule has 0 aliphatic heterocycles. The molecule has 96 valence electrons. The Balaban J connectivity index is 1.66. The highest BCUT2D eigenvalue weighted by Gasteiger charge is 2.00. The first-order valence-corrected chi connectivity index (χ1v) is 6.90. The van der Waals surface area contributed by atoms with E-state index in [9.17, 15) is 0 Å². The Morgan fingerprint density at radius 3 is 2.74 bits per heavy atom. The summed E-state index contributed by atoms with van der Waals surface area (Å²) in [5, 5.41) is 10.6. The molecule has 0 aliphatic carbocycles. The molecule has 5 heteroatoms. The molecule has 3 rings (SSSR count). The van der Waals surface area contributed by atoms with Crippen molar-refractivity contribution in [3.8, 4) is 10.6 Å². The molecule has 2 aromatic heterocycles. The van der Waals surface area contributed by atoms with Gasteiger partial charge in [0.25, 0.3) is 0 Å². The van der Waals surface area contributed by atoms with Gasteiger partial charge in [-0.15, -0.1) is 11.3 Å². The van der Waals surface area contributed by atoms with Crippen LogP contribution in [0.3, 0.4) is 0 Å². The van der Waals surface area contributed by atoms with Crippen molar-refractivity contribution in [2.24, 2.45) is 7.05 Å². The molecule has 0 saturated carbocycles. The van der Waals surface area contributed by atoms with Crippen LogP contribution in [-0.4, -0.2) is 14.8 Å². The van der Waals surface area contributed by atoms with Gasteiger partial charge in [0.15, 0.2) is 0 Å². The second-order valence-electron chi connectivity index (χ2n) is 4.29. The quantitative estimate of drug-likeness (QED) is 0.792. The number of thiazole rings is 1. The van der Waals surface area contributed by atoms with Crippen molar-refractivity contribution in [2.75, 3.05) is 5.32 Å². The number of rotatable bonds is 4. The molecule has 1 aromatic carbocycles. The van der Waals surface area contributed by atoms with Crippen molar-refractivity contribution in [1.29, 1.82) is 0 Å². The van der Waals surface area contributed by atoms with Gasteiger partial charge < -0.3 is 5.32 Å². The SMILES string of the molecule is Cn1cc(CNc2ccc(-c3nccs3)cc2)cn1. The van der Waals surface area contributed by atoms with Gasteiger partial charge in [0.1, 0.15) is 5.01 Å². The zero-order chi connectivity index (χ0) is 13.1. The van der Waals surface area contributed by atoms with E-state index in [0.29, 0.717) is 0 Å². The Morgan fingerprint density at radius 2 is 2.11 bits per heavy atom. The van der Waals surface area contributed by atoms with Crippen LogP contribution in [0.1, 0.15) is 5.56 Å². The van der Waals surface area contributed by atoms with Gasteiger partial charge in [0.2, 0.25) is 0 Å². The minimum atomic E-state index is 0.782. The third kappa shape index (κ3) is 2.82. The Morgan fingerprint density at radius 1 is 1.26 bits per heavy atom. The Hall–Kier alpha value is -2.14. The van der Waals surface area contributed by atoms with Crippen LogP contribution in [0.25, 0.3) is 10.6 Å². The summed E-state index contributed by atoms with van der Waals surface area (Å²) in [6.45, 7) is 0.782. The Kier molecular flexibility index (Phi) is 3.29. The Bertz CT molecular complexity index is 640. The van der Waals surface area contributed by atoms with E-state index in [2.05, 4.69) is 39.7 Å². The van der Waals surface area contributed by atoms with Crippen LogP contribution in [0.5, 0.6) is 0 Å². The summed E-state index contributed by atoms with van der Waals surface area (Å²) in [7, 11) is 1.92. The van der Waals surface area contributed by atoms with Crippen molar-refractivity contribution < 1.29 is 0 Å². The molecule has 4 nitrogen and oxygen atoms in total. The van der Waals surface area contributed by atoms with Gasteiger partial charge in [0.05, 0.1) is 6.20 Å². The number of benzene rings is 1. The van der Waals surface area contributed by atoms with E-state index in [4.69, 9.17) is 0 Å². The molecule has 3 aromatic rings. The highest BCUT2D eigenvalue weighted by atomic mass is 32.1. The zero-order valence-electron chi connectivity index (χ0n) is 10.6. The van der Waals surface area contributed by atoms with E-state index in [1.165, 1.54) is 5.56 Å². The third-order valence-electron chi connectivity index (χ3n) is 2.82. The van der Waals surface area contributed by atoms with E-state index in [-0.39, 0.29) is 0 Å². The van der Waals surface area contributed by atoms with Crippen LogP contribution in [0.15, 0.2) is 48.2 Å². The standard InChI is InChI=1S/C14H14N4S/c1-18-10-11(9-17-18)8-16-13-4-2-12(3-5-13)14-15-6-7-19-14/h2-7,9-10,16H,8H2,1H3. The average molecular weight is 270 g/mol. The number of anilines is 1. The average Bonchev–Trinajstić information content (AvgIpc) is 3.08. The molecule has 0 spiro atoms. The lowest BCUT2D eigenvalue weighted by Gasteiger charge is -2.05. The minimum Gasteiger partial charge on any atom is -0.381 e. The summed E-state index contributed by atoms with van der Waals surface area (Å²) in [4.78, 5) is 4.30. The monoisotopic (exact) mass is 270 g/mol. The lowest BCUT2D eigenvalue weighted by atomic mass is 10.2. The maximum absolute atomic E-state index is 4.30.